The van der Waals surface area contributed by atoms with Crippen LogP contribution in [-0.4, -0.2) is 30.1 Å². The van der Waals surface area contributed by atoms with Crippen LogP contribution in [0.15, 0.2) is 71.2 Å². The number of ether oxygens (including phenoxy) is 1. The Morgan fingerprint density at radius 1 is 1.09 bits per heavy atom. The number of benzene rings is 2. The maximum absolute atomic E-state index is 12.8. The number of carbonyl (C=O) groups excluding carboxylic acids is 1. The molecule has 1 amide bonds. The van der Waals surface area contributed by atoms with Gasteiger partial charge in [-0.05, 0) is 73.5 Å². The molecule has 1 aliphatic heterocycles. The van der Waals surface area contributed by atoms with Gasteiger partial charge in [0.05, 0.1) is 6.20 Å². The molecule has 0 spiro atoms. The number of aromatic nitrogens is 1. The zero-order valence-corrected chi connectivity index (χ0v) is 17.7. The fourth-order valence-electron chi connectivity index (χ4n) is 4.02. The molecule has 32 heavy (non-hydrogen) atoms. The van der Waals surface area contributed by atoms with E-state index < -0.39 is 0 Å². The lowest BCUT2D eigenvalue weighted by atomic mass is 10.0. The van der Waals surface area contributed by atoms with Crippen molar-refractivity contribution < 1.29 is 13.9 Å². The van der Waals surface area contributed by atoms with Gasteiger partial charge < -0.3 is 19.8 Å². The van der Waals surface area contributed by atoms with Gasteiger partial charge in [0.2, 0.25) is 0 Å². The number of rotatable bonds is 5. The van der Waals surface area contributed by atoms with Crippen molar-refractivity contribution >= 4 is 18.1 Å². The van der Waals surface area contributed by atoms with E-state index >= 15 is 0 Å². The molecular formula is C26H25N3O3. The van der Waals surface area contributed by atoms with Gasteiger partial charge in [0.15, 0.2) is 12.2 Å². The third-order valence-electron chi connectivity index (χ3n) is 5.75. The zero-order valence-electron chi connectivity index (χ0n) is 17.7. The molecule has 1 aliphatic carbocycles. The summed E-state index contributed by atoms with van der Waals surface area (Å²) in [4.78, 5) is 16.8. The molecule has 2 aromatic carbocycles. The number of carbonyl (C=O) groups is 1. The molecule has 2 N–H and O–H groups in total. The maximum atomic E-state index is 12.8. The normalized spacial score (nSPS) is 16.1. The van der Waals surface area contributed by atoms with E-state index in [1.54, 1.807) is 6.20 Å². The second kappa shape index (κ2) is 9.24. The first-order chi connectivity index (χ1) is 15.7. The Labute approximate surface area is 187 Å². The number of nitrogens with zero attached hydrogens (tertiary/aromatic N) is 1. The lowest BCUT2D eigenvalue weighted by Gasteiger charge is -2.23. The maximum Gasteiger partial charge on any atom is 0.255 e. The van der Waals surface area contributed by atoms with Crippen LogP contribution >= 0.6 is 0 Å². The fraction of sp³-hybridized carbons (Fsp3) is 0.231. The summed E-state index contributed by atoms with van der Waals surface area (Å²) in [5.41, 5.74) is 4.51. The van der Waals surface area contributed by atoms with E-state index in [4.69, 9.17) is 9.15 Å². The predicted molar refractivity (Wildman–Crippen MR) is 124 cm³/mol. The Bertz CT molecular complexity index is 1140. The highest BCUT2D eigenvalue weighted by molar-refractivity contribution is 5.96. The number of allylic oxidation sites excluding steroid dienone is 1. The zero-order chi connectivity index (χ0) is 21.8. The highest BCUT2D eigenvalue weighted by Crippen LogP contribution is 2.27. The topological polar surface area (TPSA) is 76.4 Å². The Hall–Kier alpha value is -3.64. The first-order valence-electron chi connectivity index (χ1n) is 10.9. The molecule has 1 aromatic heterocycles. The predicted octanol–water partition coefficient (Wildman–Crippen LogP) is 4.66. The van der Waals surface area contributed by atoms with Crippen LogP contribution in [0.3, 0.4) is 0 Å². The highest BCUT2D eigenvalue weighted by Gasteiger charge is 2.15. The van der Waals surface area contributed by atoms with E-state index in [-0.39, 0.29) is 12.0 Å². The van der Waals surface area contributed by atoms with Gasteiger partial charge in [-0.15, -0.1) is 0 Å². The minimum atomic E-state index is -0.132. The van der Waals surface area contributed by atoms with Gasteiger partial charge >= 0.3 is 0 Å². The largest absolute Gasteiger partial charge is 0.490 e. The van der Waals surface area contributed by atoms with Crippen molar-refractivity contribution in [3.05, 3.63) is 83.5 Å². The molecule has 0 unspecified atom stereocenters. The average molecular weight is 428 g/mol. The van der Waals surface area contributed by atoms with Crippen LogP contribution in [-0.2, 0) is 0 Å². The monoisotopic (exact) mass is 427 g/mol. The number of nitrogens with one attached hydrogen (secondary N) is 2. The van der Waals surface area contributed by atoms with E-state index in [9.17, 15) is 4.79 Å². The molecule has 0 radical (unpaired) electrons. The molecule has 2 aliphatic rings. The molecule has 5 rings (SSSR count). The van der Waals surface area contributed by atoms with Crippen molar-refractivity contribution in [2.24, 2.45) is 0 Å². The second-order valence-corrected chi connectivity index (χ2v) is 8.03. The standard InChI is InChI=1S/C26H25N3O3/c30-26(19-6-8-23(9-7-19)32-24-10-12-27-13-11-24)29-22-3-1-2-18-4-5-20(14-21(18)15-22)25-16-28-17-31-25/h1-2,4-9,14-17,24,27H,3,10-13H2,(H,29,30). The summed E-state index contributed by atoms with van der Waals surface area (Å²) in [5, 5.41) is 6.39. The lowest BCUT2D eigenvalue weighted by Crippen LogP contribution is -2.34. The summed E-state index contributed by atoms with van der Waals surface area (Å²) in [5.74, 6) is 1.39. The van der Waals surface area contributed by atoms with Crippen LogP contribution in [0, 0.1) is 0 Å². The third-order valence-corrected chi connectivity index (χ3v) is 5.75. The molecule has 6 nitrogen and oxygen atoms in total. The number of hydrogen-bond acceptors (Lipinski definition) is 5. The number of hydrogen-bond donors (Lipinski definition) is 2. The first kappa shape index (κ1) is 20.3. The molecule has 2 heterocycles. The van der Waals surface area contributed by atoms with Crippen LogP contribution in [0.25, 0.3) is 23.5 Å². The second-order valence-electron chi connectivity index (χ2n) is 8.03. The van der Waals surface area contributed by atoms with Crippen molar-refractivity contribution in [1.82, 2.24) is 15.6 Å². The molecule has 0 atom stereocenters. The Kier molecular flexibility index (Phi) is 5.85. The molecular weight excluding hydrogens is 402 g/mol. The Morgan fingerprint density at radius 2 is 1.94 bits per heavy atom. The first-order valence-corrected chi connectivity index (χ1v) is 10.9. The average Bonchev–Trinajstić information content (AvgIpc) is 3.28. The smallest absolute Gasteiger partial charge is 0.255 e. The van der Waals surface area contributed by atoms with Crippen molar-refractivity contribution in [3.8, 4) is 17.1 Å². The number of fused-ring (bicyclic) bond motifs is 1. The molecule has 3 aromatic rings. The van der Waals surface area contributed by atoms with Crippen LogP contribution < -0.4 is 15.4 Å². The highest BCUT2D eigenvalue weighted by atomic mass is 16.5. The molecule has 0 saturated carbocycles. The van der Waals surface area contributed by atoms with Gasteiger partial charge in [-0.2, -0.15) is 0 Å². The molecule has 162 valence electrons. The summed E-state index contributed by atoms with van der Waals surface area (Å²) >= 11 is 0. The summed E-state index contributed by atoms with van der Waals surface area (Å²) < 4.78 is 11.4. The van der Waals surface area contributed by atoms with Crippen LogP contribution in [0.4, 0.5) is 0 Å². The van der Waals surface area contributed by atoms with Gasteiger partial charge in [-0.1, -0.05) is 24.3 Å². The van der Waals surface area contributed by atoms with Crippen molar-refractivity contribution in [1.29, 1.82) is 0 Å². The van der Waals surface area contributed by atoms with Gasteiger partial charge in [0.25, 0.3) is 5.91 Å². The number of piperidine rings is 1. The number of oxazole rings is 1. The lowest BCUT2D eigenvalue weighted by molar-refractivity contribution is 0.0965. The van der Waals surface area contributed by atoms with Gasteiger partial charge in [0.1, 0.15) is 11.9 Å². The molecule has 1 saturated heterocycles. The van der Waals surface area contributed by atoms with Crippen LogP contribution in [0.2, 0.25) is 0 Å². The molecule has 1 fully saturated rings. The minimum absolute atomic E-state index is 0.132. The quantitative estimate of drug-likeness (QED) is 0.619. The summed E-state index contributed by atoms with van der Waals surface area (Å²) in [6.07, 6.45) is 12.2. The third kappa shape index (κ3) is 4.65. The molecule has 0 bridgehead atoms. The Morgan fingerprint density at radius 3 is 2.72 bits per heavy atom. The van der Waals surface area contributed by atoms with Gasteiger partial charge in [0, 0.05) is 23.2 Å². The summed E-state index contributed by atoms with van der Waals surface area (Å²) in [6, 6.07) is 13.5. The summed E-state index contributed by atoms with van der Waals surface area (Å²) in [6.45, 7) is 1.97. The van der Waals surface area contributed by atoms with E-state index in [0.29, 0.717) is 17.7 Å². The van der Waals surface area contributed by atoms with E-state index in [2.05, 4.69) is 27.8 Å². The molecule has 6 heteroatoms. The van der Waals surface area contributed by atoms with Crippen molar-refractivity contribution in [2.45, 2.75) is 25.4 Å². The van der Waals surface area contributed by atoms with Gasteiger partial charge in [-0.3, -0.25) is 4.79 Å². The summed E-state index contributed by atoms with van der Waals surface area (Å²) in [7, 11) is 0. The Balaban J connectivity index is 1.29. The van der Waals surface area contributed by atoms with Crippen molar-refractivity contribution in [2.75, 3.05) is 13.1 Å². The van der Waals surface area contributed by atoms with Crippen LogP contribution in [0.1, 0.15) is 40.7 Å². The SMILES string of the molecule is O=C(NC1=Cc2cc(-c3cnco3)ccc2C=CC1)c1ccc(OC2CCNCC2)cc1. The minimum Gasteiger partial charge on any atom is -0.490 e. The fourth-order valence-corrected chi connectivity index (χ4v) is 4.02. The van der Waals surface area contributed by atoms with Crippen LogP contribution in [0.5, 0.6) is 5.75 Å². The van der Waals surface area contributed by atoms with E-state index in [1.807, 2.05) is 48.5 Å². The number of amides is 1. The van der Waals surface area contributed by atoms with E-state index in [1.165, 1.54) is 6.39 Å². The van der Waals surface area contributed by atoms with Crippen molar-refractivity contribution in [3.63, 3.8) is 0 Å². The van der Waals surface area contributed by atoms with Gasteiger partial charge in [-0.25, -0.2) is 4.98 Å². The van der Waals surface area contributed by atoms with E-state index in [0.717, 1.165) is 54.1 Å².